The zero-order valence-electron chi connectivity index (χ0n) is 10.2. The number of para-hydroxylation sites is 1. The van der Waals surface area contributed by atoms with E-state index in [4.69, 9.17) is 0 Å². The smallest absolute Gasteiger partial charge is 0.315 e. The number of aliphatic hydroxyl groups excluding tert-OH is 1. The fourth-order valence-electron chi connectivity index (χ4n) is 1.95. The van der Waals surface area contributed by atoms with E-state index in [1.54, 1.807) is 25.2 Å². The van der Waals surface area contributed by atoms with Crippen molar-refractivity contribution in [2.45, 2.75) is 18.9 Å². The summed E-state index contributed by atoms with van der Waals surface area (Å²) in [5.41, 5.74) is 0.917. The minimum absolute atomic E-state index is 0.0167. The Kier molecular flexibility index (Phi) is 3.66. The summed E-state index contributed by atoms with van der Waals surface area (Å²) < 4.78 is 0. The van der Waals surface area contributed by atoms with Gasteiger partial charge in [0, 0.05) is 13.6 Å². The number of nitrogens with one attached hydrogen (secondary N) is 2. The molecule has 0 radical (unpaired) electrons. The van der Waals surface area contributed by atoms with Gasteiger partial charge in [0.1, 0.15) is 11.4 Å². The number of nitro benzene ring substituents is 1. The summed E-state index contributed by atoms with van der Waals surface area (Å²) >= 11 is 0. The van der Waals surface area contributed by atoms with Crippen LogP contribution in [-0.4, -0.2) is 29.7 Å². The fourth-order valence-corrected chi connectivity index (χ4v) is 1.95. The average molecular weight is 251 g/mol. The van der Waals surface area contributed by atoms with Crippen molar-refractivity contribution < 1.29 is 10.0 Å². The van der Waals surface area contributed by atoms with E-state index in [1.807, 2.05) is 0 Å². The summed E-state index contributed by atoms with van der Waals surface area (Å²) in [7, 11) is 1.64. The first-order valence-corrected chi connectivity index (χ1v) is 6.00. The van der Waals surface area contributed by atoms with Crippen LogP contribution in [-0.2, 0) is 0 Å². The minimum atomic E-state index is -0.428. The van der Waals surface area contributed by atoms with Gasteiger partial charge in [-0.25, -0.2) is 0 Å². The van der Waals surface area contributed by atoms with E-state index in [2.05, 4.69) is 10.6 Å². The highest BCUT2D eigenvalue weighted by Gasteiger charge is 2.30. The molecule has 1 aromatic carbocycles. The molecule has 1 aliphatic carbocycles. The number of anilines is 2. The zero-order chi connectivity index (χ0) is 13.1. The quantitative estimate of drug-likeness (QED) is 0.530. The van der Waals surface area contributed by atoms with Gasteiger partial charge in [0.2, 0.25) is 0 Å². The molecule has 1 atom stereocenters. The van der Waals surface area contributed by atoms with Crippen LogP contribution in [0.3, 0.4) is 0 Å². The molecule has 1 unspecified atom stereocenters. The number of hydrogen-bond donors (Lipinski definition) is 3. The van der Waals surface area contributed by atoms with Gasteiger partial charge in [-0.15, -0.1) is 0 Å². The number of rotatable bonds is 6. The highest BCUT2D eigenvalue weighted by Crippen LogP contribution is 2.35. The highest BCUT2D eigenvalue weighted by molar-refractivity contribution is 5.76. The number of nitrogens with zero attached hydrogens (tertiary/aromatic N) is 1. The average Bonchev–Trinajstić information content (AvgIpc) is 3.19. The maximum atomic E-state index is 11.1. The van der Waals surface area contributed by atoms with Crippen LogP contribution in [0.4, 0.5) is 17.1 Å². The van der Waals surface area contributed by atoms with Crippen molar-refractivity contribution >= 4 is 17.1 Å². The standard InChI is InChI=1S/C12H17N3O3/c1-13-9-3-2-4-10(12(9)15(17)18)14-7-11(16)8-5-6-8/h2-4,8,11,13-14,16H,5-7H2,1H3. The van der Waals surface area contributed by atoms with Crippen LogP contribution in [0.15, 0.2) is 18.2 Å². The Balaban J connectivity index is 2.12. The van der Waals surface area contributed by atoms with Gasteiger partial charge in [-0.3, -0.25) is 10.1 Å². The summed E-state index contributed by atoms with van der Waals surface area (Å²) in [6, 6.07) is 5.05. The van der Waals surface area contributed by atoms with Gasteiger partial charge in [-0.05, 0) is 30.9 Å². The topological polar surface area (TPSA) is 87.4 Å². The first-order chi connectivity index (χ1) is 8.63. The van der Waals surface area contributed by atoms with Crippen LogP contribution in [0.2, 0.25) is 0 Å². The van der Waals surface area contributed by atoms with Crippen LogP contribution in [0.25, 0.3) is 0 Å². The third-order valence-electron chi connectivity index (χ3n) is 3.16. The van der Waals surface area contributed by atoms with Crippen LogP contribution in [0.5, 0.6) is 0 Å². The molecule has 2 rings (SSSR count). The van der Waals surface area contributed by atoms with E-state index in [0.717, 1.165) is 12.8 Å². The van der Waals surface area contributed by atoms with E-state index in [9.17, 15) is 15.2 Å². The van der Waals surface area contributed by atoms with Crippen LogP contribution in [0, 0.1) is 16.0 Å². The fraction of sp³-hybridized carbons (Fsp3) is 0.500. The Bertz CT molecular complexity index is 446. The molecule has 0 saturated heterocycles. The normalized spacial score (nSPS) is 16.1. The molecular weight excluding hydrogens is 234 g/mol. The molecule has 3 N–H and O–H groups in total. The predicted molar refractivity (Wildman–Crippen MR) is 69.9 cm³/mol. The number of nitro groups is 1. The summed E-state index contributed by atoms with van der Waals surface area (Å²) in [6.07, 6.45) is 1.66. The molecular formula is C12H17N3O3. The summed E-state index contributed by atoms with van der Waals surface area (Å²) in [5.74, 6) is 0.351. The molecule has 1 aliphatic rings. The third kappa shape index (κ3) is 2.70. The minimum Gasteiger partial charge on any atom is -0.391 e. The number of hydrogen-bond acceptors (Lipinski definition) is 5. The van der Waals surface area contributed by atoms with E-state index in [1.165, 1.54) is 0 Å². The number of benzene rings is 1. The Labute approximate surface area is 105 Å². The molecule has 0 amide bonds. The van der Waals surface area contributed by atoms with E-state index in [0.29, 0.717) is 23.8 Å². The van der Waals surface area contributed by atoms with Gasteiger partial charge in [0.05, 0.1) is 11.0 Å². The van der Waals surface area contributed by atoms with Gasteiger partial charge in [-0.1, -0.05) is 6.07 Å². The van der Waals surface area contributed by atoms with E-state index < -0.39 is 11.0 Å². The second kappa shape index (κ2) is 5.22. The Hall–Kier alpha value is -1.82. The van der Waals surface area contributed by atoms with Crippen molar-refractivity contribution in [3.8, 4) is 0 Å². The van der Waals surface area contributed by atoms with Crippen molar-refractivity contribution in [3.05, 3.63) is 28.3 Å². The maximum Gasteiger partial charge on any atom is 0.315 e. The molecule has 1 saturated carbocycles. The third-order valence-corrected chi connectivity index (χ3v) is 3.16. The molecule has 0 heterocycles. The Morgan fingerprint density at radius 1 is 1.50 bits per heavy atom. The second-order valence-electron chi connectivity index (χ2n) is 4.49. The Morgan fingerprint density at radius 3 is 2.72 bits per heavy atom. The van der Waals surface area contributed by atoms with Crippen molar-refractivity contribution in [3.63, 3.8) is 0 Å². The second-order valence-corrected chi connectivity index (χ2v) is 4.49. The highest BCUT2D eigenvalue weighted by atomic mass is 16.6. The SMILES string of the molecule is CNc1cccc(NCC(O)C2CC2)c1[N+](=O)[O-]. The lowest BCUT2D eigenvalue weighted by molar-refractivity contribution is -0.383. The lowest BCUT2D eigenvalue weighted by atomic mass is 10.2. The van der Waals surface area contributed by atoms with Crippen molar-refractivity contribution in [1.29, 1.82) is 0 Å². The van der Waals surface area contributed by atoms with Gasteiger partial charge in [0.25, 0.3) is 0 Å². The molecule has 0 aliphatic heterocycles. The number of aliphatic hydroxyl groups is 1. The monoisotopic (exact) mass is 251 g/mol. The predicted octanol–water partition coefficient (Wildman–Crippen LogP) is 1.82. The lowest BCUT2D eigenvalue weighted by Crippen LogP contribution is -2.21. The Morgan fingerprint density at radius 2 is 2.17 bits per heavy atom. The molecule has 0 spiro atoms. The molecule has 1 aromatic rings. The van der Waals surface area contributed by atoms with Crippen molar-refractivity contribution in [2.75, 3.05) is 24.2 Å². The van der Waals surface area contributed by atoms with Crippen molar-refractivity contribution in [1.82, 2.24) is 0 Å². The lowest BCUT2D eigenvalue weighted by Gasteiger charge is -2.13. The zero-order valence-corrected chi connectivity index (χ0v) is 10.2. The molecule has 1 fully saturated rings. The molecule has 0 bridgehead atoms. The molecule has 6 heteroatoms. The molecule has 18 heavy (non-hydrogen) atoms. The summed E-state index contributed by atoms with van der Waals surface area (Å²) in [6.45, 7) is 0.346. The molecule has 6 nitrogen and oxygen atoms in total. The first kappa shape index (κ1) is 12.6. The van der Waals surface area contributed by atoms with Gasteiger partial charge >= 0.3 is 5.69 Å². The van der Waals surface area contributed by atoms with Gasteiger partial charge < -0.3 is 15.7 Å². The van der Waals surface area contributed by atoms with Crippen molar-refractivity contribution in [2.24, 2.45) is 5.92 Å². The molecule has 98 valence electrons. The van der Waals surface area contributed by atoms with Crippen LogP contribution < -0.4 is 10.6 Å². The van der Waals surface area contributed by atoms with E-state index >= 15 is 0 Å². The first-order valence-electron chi connectivity index (χ1n) is 6.00. The summed E-state index contributed by atoms with van der Waals surface area (Å²) in [5, 5.41) is 26.6. The van der Waals surface area contributed by atoms with Gasteiger partial charge in [-0.2, -0.15) is 0 Å². The van der Waals surface area contributed by atoms with Crippen LogP contribution >= 0.6 is 0 Å². The van der Waals surface area contributed by atoms with Gasteiger partial charge in [0.15, 0.2) is 0 Å². The van der Waals surface area contributed by atoms with E-state index in [-0.39, 0.29) is 5.69 Å². The maximum absolute atomic E-state index is 11.1. The largest absolute Gasteiger partial charge is 0.391 e. The summed E-state index contributed by atoms with van der Waals surface area (Å²) in [4.78, 5) is 10.6. The molecule has 0 aromatic heterocycles. The van der Waals surface area contributed by atoms with Crippen LogP contribution in [0.1, 0.15) is 12.8 Å².